The molecule has 0 spiro atoms. The number of carbonyl (C=O) groups is 2. The van der Waals surface area contributed by atoms with Crippen molar-refractivity contribution < 1.29 is 22.7 Å². The van der Waals surface area contributed by atoms with E-state index in [2.05, 4.69) is 9.46 Å². The number of amides is 1. The van der Waals surface area contributed by atoms with Gasteiger partial charge in [0, 0.05) is 13.1 Å². The first-order chi connectivity index (χ1) is 11.2. The number of hydrogen-bond acceptors (Lipinski definition) is 5. The van der Waals surface area contributed by atoms with E-state index in [1.807, 2.05) is 0 Å². The van der Waals surface area contributed by atoms with Crippen LogP contribution in [0.4, 0.5) is 0 Å². The number of halogens is 1. The Hall–Kier alpha value is -1.64. The molecule has 1 rings (SSSR count). The van der Waals surface area contributed by atoms with Crippen molar-refractivity contribution in [3.63, 3.8) is 0 Å². The lowest BCUT2D eigenvalue weighted by Gasteiger charge is -2.23. The zero-order chi connectivity index (χ0) is 18.5. The summed E-state index contributed by atoms with van der Waals surface area (Å²) in [6.07, 6.45) is 0. The summed E-state index contributed by atoms with van der Waals surface area (Å²) in [5, 5.41) is -0.0577. The smallest absolute Gasteiger partial charge is 0.337 e. The summed E-state index contributed by atoms with van der Waals surface area (Å²) < 4.78 is 31.9. The van der Waals surface area contributed by atoms with Gasteiger partial charge in [0.1, 0.15) is 4.90 Å². The summed E-state index contributed by atoms with van der Waals surface area (Å²) in [6, 6.07) is 2.80. The fraction of sp³-hybridized carbons (Fsp3) is 0.467. The van der Waals surface area contributed by atoms with Crippen LogP contribution in [0, 0.1) is 0 Å². The Morgan fingerprint density at radius 1 is 1.29 bits per heavy atom. The minimum atomic E-state index is -4.09. The predicted molar refractivity (Wildman–Crippen MR) is 90.5 cm³/mol. The summed E-state index contributed by atoms with van der Waals surface area (Å²) in [6.45, 7) is 6.01. The van der Waals surface area contributed by atoms with Crippen molar-refractivity contribution in [2.45, 2.75) is 31.7 Å². The molecule has 0 unspecified atom stereocenters. The molecule has 7 nitrogen and oxygen atoms in total. The number of nitrogens with one attached hydrogen (secondary N) is 1. The number of likely N-dealkylation sites (N-methyl/N-ethyl adjacent to an activating group) is 1. The van der Waals surface area contributed by atoms with Crippen molar-refractivity contribution in [2.75, 3.05) is 20.2 Å². The number of esters is 1. The quantitative estimate of drug-likeness (QED) is 0.730. The standard InChI is InChI=1S/C15H21ClN2O5S/c1-5-18(6-2)14(19)10(3)17-24(21,22)13-9-11(15(20)23-4)7-8-12(13)16/h7-10,17H,5-6H2,1-4H3/t10-/m0/s1. The Labute approximate surface area is 147 Å². The first-order valence-electron chi connectivity index (χ1n) is 7.36. The van der Waals surface area contributed by atoms with Crippen LogP contribution in [-0.4, -0.2) is 51.4 Å². The lowest BCUT2D eigenvalue weighted by atomic mass is 10.2. The van der Waals surface area contributed by atoms with Gasteiger partial charge in [-0.2, -0.15) is 4.72 Å². The summed E-state index contributed by atoms with van der Waals surface area (Å²) >= 11 is 5.94. The molecule has 0 aromatic heterocycles. The maximum Gasteiger partial charge on any atom is 0.337 e. The molecule has 0 aliphatic heterocycles. The number of rotatable bonds is 7. The second kappa shape index (κ2) is 8.46. The highest BCUT2D eigenvalue weighted by atomic mass is 35.5. The van der Waals surface area contributed by atoms with E-state index in [0.717, 1.165) is 6.07 Å². The number of hydrogen-bond donors (Lipinski definition) is 1. The summed E-state index contributed by atoms with van der Waals surface area (Å²) in [4.78, 5) is 25.0. The van der Waals surface area contributed by atoms with E-state index in [1.165, 1.54) is 31.1 Å². The molecule has 1 N–H and O–H groups in total. The number of ether oxygens (including phenoxy) is 1. The van der Waals surface area contributed by atoms with Gasteiger partial charge in [-0.15, -0.1) is 0 Å². The van der Waals surface area contributed by atoms with Crippen molar-refractivity contribution in [2.24, 2.45) is 0 Å². The van der Waals surface area contributed by atoms with Gasteiger partial charge in [-0.3, -0.25) is 4.79 Å². The number of benzene rings is 1. The van der Waals surface area contributed by atoms with E-state index in [1.54, 1.807) is 13.8 Å². The van der Waals surface area contributed by atoms with Crippen LogP contribution in [0.3, 0.4) is 0 Å². The fourth-order valence-electron chi connectivity index (χ4n) is 2.11. The van der Waals surface area contributed by atoms with Gasteiger partial charge in [0.05, 0.1) is 23.7 Å². The molecular weight excluding hydrogens is 356 g/mol. The molecule has 0 fully saturated rings. The molecule has 0 aliphatic rings. The maximum absolute atomic E-state index is 12.5. The minimum Gasteiger partial charge on any atom is -0.465 e. The van der Waals surface area contributed by atoms with Gasteiger partial charge in [0.25, 0.3) is 0 Å². The zero-order valence-electron chi connectivity index (χ0n) is 14.0. The van der Waals surface area contributed by atoms with E-state index in [-0.39, 0.29) is 21.4 Å². The molecule has 1 aromatic rings. The van der Waals surface area contributed by atoms with Crippen molar-refractivity contribution >= 4 is 33.5 Å². The third-order valence-corrected chi connectivity index (χ3v) is 5.44. The van der Waals surface area contributed by atoms with Crippen molar-refractivity contribution in [1.82, 2.24) is 9.62 Å². The molecule has 9 heteroatoms. The maximum atomic E-state index is 12.5. The highest BCUT2D eigenvalue weighted by Crippen LogP contribution is 2.23. The fourth-order valence-corrected chi connectivity index (χ4v) is 3.83. The Balaban J connectivity index is 3.12. The molecular formula is C15H21ClN2O5S. The van der Waals surface area contributed by atoms with Crippen LogP contribution >= 0.6 is 11.6 Å². The predicted octanol–water partition coefficient (Wildman–Crippen LogP) is 1.66. The molecule has 0 bridgehead atoms. The Kier molecular flexibility index (Phi) is 7.19. The van der Waals surface area contributed by atoms with Crippen LogP contribution in [0.2, 0.25) is 5.02 Å². The molecule has 0 radical (unpaired) electrons. The second-order valence-corrected chi connectivity index (χ2v) is 7.08. The van der Waals surface area contributed by atoms with Crippen LogP contribution < -0.4 is 4.72 Å². The number of carbonyl (C=O) groups excluding carboxylic acids is 2. The first kappa shape index (κ1) is 20.4. The van der Waals surface area contributed by atoms with Crippen LogP contribution in [0.25, 0.3) is 0 Å². The van der Waals surface area contributed by atoms with Crippen molar-refractivity contribution in [3.05, 3.63) is 28.8 Å². The van der Waals surface area contributed by atoms with Gasteiger partial charge in [-0.25, -0.2) is 13.2 Å². The Bertz CT molecular complexity index is 717. The normalized spacial score (nSPS) is 12.5. The molecule has 24 heavy (non-hydrogen) atoms. The Morgan fingerprint density at radius 2 is 1.88 bits per heavy atom. The van der Waals surface area contributed by atoms with E-state index in [4.69, 9.17) is 11.6 Å². The minimum absolute atomic E-state index is 0.0463. The monoisotopic (exact) mass is 376 g/mol. The number of sulfonamides is 1. The average molecular weight is 377 g/mol. The largest absolute Gasteiger partial charge is 0.465 e. The van der Waals surface area contributed by atoms with Crippen LogP contribution in [0.1, 0.15) is 31.1 Å². The summed E-state index contributed by atoms with van der Waals surface area (Å²) in [7, 11) is -2.90. The molecule has 0 heterocycles. The van der Waals surface area contributed by atoms with E-state index >= 15 is 0 Å². The lowest BCUT2D eigenvalue weighted by molar-refractivity contribution is -0.132. The highest BCUT2D eigenvalue weighted by Gasteiger charge is 2.27. The number of nitrogens with zero attached hydrogens (tertiary/aromatic N) is 1. The van der Waals surface area contributed by atoms with E-state index in [0.29, 0.717) is 13.1 Å². The van der Waals surface area contributed by atoms with E-state index < -0.39 is 22.0 Å². The average Bonchev–Trinajstić information content (AvgIpc) is 2.54. The van der Waals surface area contributed by atoms with Gasteiger partial charge in [0.2, 0.25) is 15.9 Å². The Morgan fingerprint density at radius 3 is 2.38 bits per heavy atom. The van der Waals surface area contributed by atoms with Crippen LogP contribution in [-0.2, 0) is 19.6 Å². The van der Waals surface area contributed by atoms with E-state index in [9.17, 15) is 18.0 Å². The van der Waals surface area contributed by atoms with Crippen LogP contribution in [0.15, 0.2) is 23.1 Å². The third-order valence-electron chi connectivity index (χ3n) is 3.42. The summed E-state index contributed by atoms with van der Waals surface area (Å²) in [5.41, 5.74) is 0.0463. The topological polar surface area (TPSA) is 92.8 Å². The molecule has 0 saturated heterocycles. The van der Waals surface area contributed by atoms with Crippen LogP contribution in [0.5, 0.6) is 0 Å². The summed E-state index contributed by atoms with van der Waals surface area (Å²) in [5.74, 6) is -1.03. The molecule has 0 saturated carbocycles. The second-order valence-electron chi connectivity index (χ2n) is 4.99. The van der Waals surface area contributed by atoms with Gasteiger partial charge in [-0.1, -0.05) is 11.6 Å². The molecule has 0 aliphatic carbocycles. The van der Waals surface area contributed by atoms with Gasteiger partial charge in [0.15, 0.2) is 0 Å². The molecule has 1 atom stereocenters. The molecule has 134 valence electrons. The molecule has 1 aromatic carbocycles. The van der Waals surface area contributed by atoms with Crippen molar-refractivity contribution in [1.29, 1.82) is 0 Å². The SMILES string of the molecule is CCN(CC)C(=O)[C@H](C)NS(=O)(=O)c1cc(C(=O)OC)ccc1Cl. The van der Waals surface area contributed by atoms with Gasteiger partial charge < -0.3 is 9.64 Å². The lowest BCUT2D eigenvalue weighted by Crippen LogP contribution is -2.46. The highest BCUT2D eigenvalue weighted by molar-refractivity contribution is 7.89. The zero-order valence-corrected chi connectivity index (χ0v) is 15.6. The number of methoxy groups -OCH3 is 1. The van der Waals surface area contributed by atoms with Gasteiger partial charge in [-0.05, 0) is 39.0 Å². The van der Waals surface area contributed by atoms with Crippen molar-refractivity contribution in [3.8, 4) is 0 Å². The third kappa shape index (κ3) is 4.68. The first-order valence-corrected chi connectivity index (χ1v) is 9.23. The molecule has 1 amide bonds. The van der Waals surface area contributed by atoms with Gasteiger partial charge >= 0.3 is 5.97 Å².